The smallest absolute Gasteiger partial charge is 0.238 e. The molecule has 116 valence electrons. The predicted molar refractivity (Wildman–Crippen MR) is 88.2 cm³/mol. The molecule has 0 aromatic heterocycles. The van der Waals surface area contributed by atoms with Crippen molar-refractivity contribution in [3.8, 4) is 0 Å². The zero-order valence-corrected chi connectivity index (χ0v) is 13.8. The van der Waals surface area contributed by atoms with Crippen molar-refractivity contribution in [2.45, 2.75) is 32.1 Å². The summed E-state index contributed by atoms with van der Waals surface area (Å²) < 4.78 is 0.940. The molecule has 0 aliphatic heterocycles. The molecule has 1 aliphatic carbocycles. The Morgan fingerprint density at radius 3 is 2.71 bits per heavy atom. The molecule has 21 heavy (non-hydrogen) atoms. The predicted octanol–water partition coefficient (Wildman–Crippen LogP) is 2.92. The van der Waals surface area contributed by atoms with Crippen LogP contribution in [0.5, 0.6) is 0 Å². The van der Waals surface area contributed by atoms with Crippen LogP contribution in [0, 0.1) is 5.41 Å². The summed E-state index contributed by atoms with van der Waals surface area (Å²) in [6.07, 6.45) is 5.69. The van der Waals surface area contributed by atoms with Gasteiger partial charge in [0.1, 0.15) is 0 Å². The Kier molecular flexibility index (Phi) is 6.21. The Hall–Kier alpha value is -0.910. The number of halogens is 1. The van der Waals surface area contributed by atoms with Gasteiger partial charge in [-0.1, -0.05) is 41.3 Å². The highest BCUT2D eigenvalue weighted by molar-refractivity contribution is 9.10. The normalized spacial score (nSPS) is 17.4. The van der Waals surface area contributed by atoms with Gasteiger partial charge in [-0.05, 0) is 31.0 Å². The molecule has 0 atom stereocenters. The Morgan fingerprint density at radius 2 is 2.05 bits per heavy atom. The molecule has 1 aliphatic rings. The van der Waals surface area contributed by atoms with E-state index < -0.39 is 0 Å². The molecular weight excluding hydrogens is 332 g/mol. The molecule has 0 bridgehead atoms. The van der Waals surface area contributed by atoms with Crippen LogP contribution in [-0.4, -0.2) is 30.7 Å². The summed E-state index contributed by atoms with van der Waals surface area (Å²) in [6, 6.07) is 7.53. The number of hydrogen-bond donors (Lipinski definition) is 3. The van der Waals surface area contributed by atoms with Gasteiger partial charge in [-0.25, -0.2) is 0 Å². The van der Waals surface area contributed by atoms with Gasteiger partial charge in [-0.3, -0.25) is 4.79 Å². The molecule has 0 saturated heterocycles. The molecule has 0 spiro atoms. The van der Waals surface area contributed by atoms with Gasteiger partial charge in [0.05, 0.1) is 6.54 Å². The number of hydrogen-bond acceptors (Lipinski definition) is 3. The zero-order chi connectivity index (χ0) is 15.1. The lowest BCUT2D eigenvalue weighted by Crippen LogP contribution is -2.41. The highest BCUT2D eigenvalue weighted by atomic mass is 79.9. The number of amides is 1. The monoisotopic (exact) mass is 354 g/mol. The number of aliphatic hydroxyl groups excluding tert-OH is 1. The fraction of sp³-hybridized carbons (Fsp3) is 0.562. The lowest BCUT2D eigenvalue weighted by molar-refractivity contribution is -0.115. The molecule has 5 heteroatoms. The molecule has 1 saturated carbocycles. The zero-order valence-electron chi connectivity index (χ0n) is 12.2. The van der Waals surface area contributed by atoms with Crippen LogP contribution < -0.4 is 10.6 Å². The highest BCUT2D eigenvalue weighted by Gasteiger charge is 2.30. The summed E-state index contributed by atoms with van der Waals surface area (Å²) in [5.74, 6) is -0.0583. The maximum atomic E-state index is 11.9. The second-order valence-corrected chi connectivity index (χ2v) is 6.80. The first-order valence-corrected chi connectivity index (χ1v) is 8.30. The molecule has 0 unspecified atom stereocenters. The van der Waals surface area contributed by atoms with Crippen molar-refractivity contribution in [3.63, 3.8) is 0 Å². The maximum Gasteiger partial charge on any atom is 0.238 e. The van der Waals surface area contributed by atoms with E-state index in [1.165, 1.54) is 19.3 Å². The van der Waals surface area contributed by atoms with Crippen LogP contribution >= 0.6 is 15.9 Å². The van der Waals surface area contributed by atoms with Gasteiger partial charge in [0.15, 0.2) is 0 Å². The van der Waals surface area contributed by atoms with Gasteiger partial charge in [-0.2, -0.15) is 0 Å². The molecule has 1 fully saturated rings. The van der Waals surface area contributed by atoms with Crippen molar-refractivity contribution < 1.29 is 9.90 Å². The number of nitrogens with one attached hydrogen (secondary N) is 2. The van der Waals surface area contributed by atoms with Gasteiger partial charge < -0.3 is 15.7 Å². The lowest BCUT2D eigenvalue weighted by Gasteiger charge is -2.35. The van der Waals surface area contributed by atoms with Gasteiger partial charge in [-0.15, -0.1) is 0 Å². The van der Waals surface area contributed by atoms with Crippen molar-refractivity contribution in [2.75, 3.05) is 25.0 Å². The number of aliphatic hydroxyl groups is 1. The minimum Gasteiger partial charge on any atom is -0.396 e. The van der Waals surface area contributed by atoms with E-state index in [4.69, 9.17) is 0 Å². The van der Waals surface area contributed by atoms with Crippen molar-refractivity contribution in [1.82, 2.24) is 5.32 Å². The molecule has 4 nitrogen and oxygen atoms in total. The second kappa shape index (κ2) is 7.92. The van der Waals surface area contributed by atoms with Crippen LogP contribution in [0.15, 0.2) is 28.7 Å². The summed E-state index contributed by atoms with van der Waals surface area (Å²) in [6.45, 7) is 1.18. The number of benzene rings is 1. The first-order valence-electron chi connectivity index (χ1n) is 7.51. The molecule has 3 N–H and O–H groups in total. The minimum absolute atomic E-state index is 0.0334. The number of anilines is 1. The van der Waals surface area contributed by atoms with E-state index in [1.807, 2.05) is 24.3 Å². The molecule has 0 radical (unpaired) electrons. The van der Waals surface area contributed by atoms with Gasteiger partial charge in [0.25, 0.3) is 0 Å². The quantitative estimate of drug-likeness (QED) is 0.735. The fourth-order valence-corrected chi connectivity index (χ4v) is 3.30. The summed E-state index contributed by atoms with van der Waals surface area (Å²) in [5.41, 5.74) is 0.750. The minimum atomic E-state index is -0.0583. The Labute approximate surface area is 134 Å². The number of rotatable bonds is 6. The molecular formula is C16H23BrN2O2. The van der Waals surface area contributed by atoms with E-state index in [0.29, 0.717) is 6.54 Å². The topological polar surface area (TPSA) is 61.4 Å². The van der Waals surface area contributed by atoms with Crippen LogP contribution in [0.4, 0.5) is 5.69 Å². The lowest BCUT2D eigenvalue weighted by atomic mass is 9.74. The van der Waals surface area contributed by atoms with E-state index in [-0.39, 0.29) is 24.5 Å². The highest BCUT2D eigenvalue weighted by Crippen LogP contribution is 2.35. The summed E-state index contributed by atoms with van der Waals surface area (Å²) in [4.78, 5) is 11.9. The number of carbonyl (C=O) groups is 1. The molecule has 1 aromatic carbocycles. The van der Waals surface area contributed by atoms with Crippen molar-refractivity contribution in [3.05, 3.63) is 28.7 Å². The van der Waals surface area contributed by atoms with Crippen LogP contribution in [0.2, 0.25) is 0 Å². The number of carbonyl (C=O) groups excluding carboxylic acids is 1. The Bertz CT molecular complexity index is 473. The van der Waals surface area contributed by atoms with Gasteiger partial charge >= 0.3 is 0 Å². The van der Waals surface area contributed by atoms with Crippen LogP contribution in [0.25, 0.3) is 0 Å². The largest absolute Gasteiger partial charge is 0.396 e. The van der Waals surface area contributed by atoms with E-state index in [0.717, 1.165) is 23.0 Å². The standard InChI is InChI=1S/C16H23BrN2O2/c17-13-5-4-6-14(9-13)19-15(21)10-18-11-16(12-20)7-2-1-3-8-16/h4-6,9,18,20H,1-3,7-8,10-12H2,(H,19,21). The SMILES string of the molecule is O=C(CNCC1(CO)CCCCC1)Nc1cccc(Br)c1. The summed E-state index contributed by atoms with van der Waals surface area (Å²) in [7, 11) is 0. The van der Waals surface area contributed by atoms with Gasteiger partial charge in [0, 0.05) is 28.7 Å². The summed E-state index contributed by atoms with van der Waals surface area (Å²) >= 11 is 3.38. The molecule has 1 aromatic rings. The van der Waals surface area contributed by atoms with Crippen molar-refractivity contribution >= 4 is 27.5 Å². The van der Waals surface area contributed by atoms with Crippen LogP contribution in [0.1, 0.15) is 32.1 Å². The fourth-order valence-electron chi connectivity index (χ4n) is 2.91. The first-order chi connectivity index (χ1) is 10.1. The molecule has 0 heterocycles. The van der Waals surface area contributed by atoms with Crippen LogP contribution in [-0.2, 0) is 4.79 Å². The van der Waals surface area contributed by atoms with E-state index in [1.54, 1.807) is 0 Å². The molecule has 2 rings (SSSR count). The first kappa shape index (κ1) is 16.5. The van der Waals surface area contributed by atoms with Crippen molar-refractivity contribution in [2.24, 2.45) is 5.41 Å². The third-order valence-electron chi connectivity index (χ3n) is 4.14. The van der Waals surface area contributed by atoms with E-state index in [9.17, 15) is 9.90 Å². The third kappa shape index (κ3) is 5.09. The molecule has 1 amide bonds. The maximum absolute atomic E-state index is 11.9. The van der Waals surface area contributed by atoms with E-state index >= 15 is 0 Å². The Balaban J connectivity index is 1.76. The average molecular weight is 355 g/mol. The average Bonchev–Trinajstić information content (AvgIpc) is 2.48. The van der Waals surface area contributed by atoms with Crippen LogP contribution in [0.3, 0.4) is 0 Å². The van der Waals surface area contributed by atoms with E-state index in [2.05, 4.69) is 26.6 Å². The third-order valence-corrected chi connectivity index (χ3v) is 4.64. The second-order valence-electron chi connectivity index (χ2n) is 5.88. The summed E-state index contributed by atoms with van der Waals surface area (Å²) in [5, 5.41) is 15.7. The Morgan fingerprint density at radius 1 is 1.29 bits per heavy atom. The van der Waals surface area contributed by atoms with Crippen molar-refractivity contribution in [1.29, 1.82) is 0 Å². The van der Waals surface area contributed by atoms with Gasteiger partial charge in [0.2, 0.25) is 5.91 Å².